The average Bonchev–Trinajstić information content (AvgIpc) is 2.26. The van der Waals surface area contributed by atoms with Crippen LogP contribution in [0.1, 0.15) is 48.0 Å². The first-order chi connectivity index (χ1) is 8.78. The monoisotopic (exact) mass is 270 g/mol. The topological polar surface area (TPSA) is 15.7 Å². The molecule has 19 heavy (non-hydrogen) atoms. The molecule has 0 amide bonds. The van der Waals surface area contributed by atoms with Crippen molar-refractivity contribution in [3.63, 3.8) is 0 Å². The van der Waals surface area contributed by atoms with Crippen LogP contribution in [0.4, 0.5) is 0 Å². The van der Waals surface area contributed by atoms with Crippen molar-refractivity contribution >= 4 is 0 Å². The Morgan fingerprint density at radius 1 is 1.16 bits per heavy atom. The highest BCUT2D eigenvalue weighted by molar-refractivity contribution is 4.80. The van der Waals surface area contributed by atoms with Crippen molar-refractivity contribution in [2.75, 3.05) is 39.3 Å². The summed E-state index contributed by atoms with van der Waals surface area (Å²) in [6.45, 7) is 20.3. The lowest BCUT2D eigenvalue weighted by atomic mass is 9.92. The second-order valence-electron chi connectivity index (χ2n) is 7.42. The molecule has 0 saturated carbocycles. The molecule has 0 aromatic heterocycles. The Bertz CT molecular complexity index is 248. The van der Waals surface area contributed by atoms with Crippen LogP contribution in [0.15, 0.2) is 0 Å². The number of nitrogens with zero attached hydrogens (tertiary/aromatic N) is 2. The number of ether oxygens (including phenoxy) is 1. The summed E-state index contributed by atoms with van der Waals surface area (Å²) in [5.74, 6) is 0. The van der Waals surface area contributed by atoms with Gasteiger partial charge in [0.1, 0.15) is 0 Å². The van der Waals surface area contributed by atoms with E-state index >= 15 is 0 Å². The molecule has 3 heteroatoms. The van der Waals surface area contributed by atoms with Gasteiger partial charge in [-0.15, -0.1) is 0 Å². The molecule has 1 fully saturated rings. The van der Waals surface area contributed by atoms with Gasteiger partial charge in [-0.05, 0) is 39.2 Å². The predicted octanol–water partition coefficient (Wildman–Crippen LogP) is 2.85. The summed E-state index contributed by atoms with van der Waals surface area (Å²) in [6, 6.07) is 0.676. The van der Waals surface area contributed by atoms with Gasteiger partial charge in [0.15, 0.2) is 0 Å². The molecule has 1 atom stereocenters. The predicted molar refractivity (Wildman–Crippen MR) is 82.6 cm³/mol. The van der Waals surface area contributed by atoms with Crippen LogP contribution in [0.3, 0.4) is 0 Å². The minimum atomic E-state index is 0.352. The molecule has 1 rings (SSSR count). The molecule has 114 valence electrons. The molecule has 0 N–H and O–H groups in total. The number of piperazine rings is 1. The fraction of sp³-hybridized carbons (Fsp3) is 1.00. The van der Waals surface area contributed by atoms with Gasteiger partial charge in [-0.2, -0.15) is 0 Å². The number of hydrogen-bond acceptors (Lipinski definition) is 3. The van der Waals surface area contributed by atoms with Crippen LogP contribution in [0.2, 0.25) is 0 Å². The van der Waals surface area contributed by atoms with Crippen molar-refractivity contribution in [2.24, 2.45) is 5.41 Å². The molecule has 0 spiro atoms. The summed E-state index contributed by atoms with van der Waals surface area (Å²) in [5, 5.41) is 0. The highest BCUT2D eigenvalue weighted by Crippen LogP contribution is 2.20. The third-order valence-corrected chi connectivity index (χ3v) is 3.86. The van der Waals surface area contributed by atoms with Crippen molar-refractivity contribution in [1.29, 1.82) is 0 Å². The molecular formula is C16H34N2O. The molecule has 1 aliphatic heterocycles. The molecular weight excluding hydrogens is 236 g/mol. The molecule has 0 bridgehead atoms. The second kappa shape index (κ2) is 7.61. The summed E-state index contributed by atoms with van der Waals surface area (Å²) in [5.41, 5.74) is 0.446. The lowest BCUT2D eigenvalue weighted by Gasteiger charge is -2.40. The SMILES string of the molecule is CC(C)OCCN1CCN(CCC(C)(C)C)[C@H](C)C1. The van der Waals surface area contributed by atoms with E-state index in [1.54, 1.807) is 0 Å². The minimum Gasteiger partial charge on any atom is -0.377 e. The Hall–Kier alpha value is -0.120. The second-order valence-corrected chi connectivity index (χ2v) is 7.42. The first kappa shape index (κ1) is 16.9. The standard InChI is InChI=1S/C16H34N2O/c1-14(2)19-12-11-17-9-10-18(15(3)13-17)8-7-16(4,5)6/h14-15H,7-13H2,1-6H3/t15-/m1/s1. The van der Waals surface area contributed by atoms with Gasteiger partial charge in [0.25, 0.3) is 0 Å². The Kier molecular flexibility index (Phi) is 6.78. The molecule has 0 radical (unpaired) electrons. The fourth-order valence-corrected chi connectivity index (χ4v) is 2.50. The Balaban J connectivity index is 2.23. The lowest BCUT2D eigenvalue weighted by molar-refractivity contribution is 0.0285. The fourth-order valence-electron chi connectivity index (χ4n) is 2.50. The van der Waals surface area contributed by atoms with E-state index in [9.17, 15) is 0 Å². The van der Waals surface area contributed by atoms with Crippen molar-refractivity contribution in [2.45, 2.75) is 60.1 Å². The first-order valence-corrected chi connectivity index (χ1v) is 7.86. The van der Waals surface area contributed by atoms with E-state index in [1.165, 1.54) is 32.6 Å². The smallest absolute Gasteiger partial charge is 0.0596 e. The highest BCUT2D eigenvalue weighted by Gasteiger charge is 2.24. The normalized spacial score (nSPS) is 23.2. The van der Waals surface area contributed by atoms with Crippen LogP contribution in [0, 0.1) is 5.41 Å². The number of rotatable bonds is 6. The Morgan fingerprint density at radius 2 is 1.84 bits per heavy atom. The molecule has 3 nitrogen and oxygen atoms in total. The van der Waals surface area contributed by atoms with E-state index in [0.717, 1.165) is 13.2 Å². The van der Waals surface area contributed by atoms with Gasteiger partial charge < -0.3 is 4.74 Å². The maximum absolute atomic E-state index is 5.64. The van der Waals surface area contributed by atoms with Crippen LogP contribution in [-0.4, -0.2) is 61.3 Å². The zero-order chi connectivity index (χ0) is 14.5. The van der Waals surface area contributed by atoms with Gasteiger partial charge in [-0.25, -0.2) is 0 Å². The summed E-state index contributed by atoms with van der Waals surface area (Å²) >= 11 is 0. The summed E-state index contributed by atoms with van der Waals surface area (Å²) in [6.07, 6.45) is 1.64. The van der Waals surface area contributed by atoms with Gasteiger partial charge in [0.2, 0.25) is 0 Å². The molecule has 1 saturated heterocycles. The van der Waals surface area contributed by atoms with Gasteiger partial charge >= 0.3 is 0 Å². The third-order valence-electron chi connectivity index (χ3n) is 3.86. The maximum atomic E-state index is 5.64. The quantitative estimate of drug-likeness (QED) is 0.738. The van der Waals surface area contributed by atoms with Crippen LogP contribution in [-0.2, 0) is 4.74 Å². The number of hydrogen-bond donors (Lipinski definition) is 0. The largest absolute Gasteiger partial charge is 0.377 e. The molecule has 0 aromatic carbocycles. The van der Waals surface area contributed by atoms with Crippen LogP contribution in [0.5, 0.6) is 0 Å². The molecule has 0 aromatic rings. The average molecular weight is 270 g/mol. The van der Waals surface area contributed by atoms with Crippen LogP contribution < -0.4 is 0 Å². The Morgan fingerprint density at radius 3 is 2.37 bits per heavy atom. The molecule has 0 aliphatic carbocycles. The van der Waals surface area contributed by atoms with E-state index in [4.69, 9.17) is 4.74 Å². The maximum Gasteiger partial charge on any atom is 0.0596 e. The zero-order valence-corrected chi connectivity index (χ0v) is 13.9. The van der Waals surface area contributed by atoms with Crippen LogP contribution >= 0.6 is 0 Å². The summed E-state index contributed by atoms with van der Waals surface area (Å²) < 4.78 is 5.64. The summed E-state index contributed by atoms with van der Waals surface area (Å²) in [4.78, 5) is 5.19. The van der Waals surface area contributed by atoms with Crippen molar-refractivity contribution in [3.05, 3.63) is 0 Å². The van der Waals surface area contributed by atoms with E-state index in [1.807, 2.05) is 0 Å². The molecule has 0 unspecified atom stereocenters. The highest BCUT2D eigenvalue weighted by atomic mass is 16.5. The molecule has 1 heterocycles. The lowest BCUT2D eigenvalue weighted by Crippen LogP contribution is -2.53. The van der Waals surface area contributed by atoms with Gasteiger partial charge in [-0.1, -0.05) is 20.8 Å². The zero-order valence-electron chi connectivity index (χ0n) is 13.9. The molecule has 1 aliphatic rings. The van der Waals surface area contributed by atoms with Gasteiger partial charge in [-0.3, -0.25) is 9.80 Å². The van der Waals surface area contributed by atoms with Gasteiger partial charge in [0.05, 0.1) is 12.7 Å². The summed E-state index contributed by atoms with van der Waals surface area (Å²) in [7, 11) is 0. The van der Waals surface area contributed by atoms with Crippen molar-refractivity contribution in [1.82, 2.24) is 9.80 Å². The third kappa shape index (κ3) is 7.28. The minimum absolute atomic E-state index is 0.352. The Labute approximate surface area is 120 Å². The first-order valence-electron chi connectivity index (χ1n) is 7.86. The van der Waals surface area contributed by atoms with E-state index in [0.29, 0.717) is 17.6 Å². The van der Waals surface area contributed by atoms with Crippen molar-refractivity contribution in [3.8, 4) is 0 Å². The van der Waals surface area contributed by atoms with Gasteiger partial charge in [0, 0.05) is 32.2 Å². The van der Waals surface area contributed by atoms with Crippen LogP contribution in [0.25, 0.3) is 0 Å². The van der Waals surface area contributed by atoms with E-state index in [2.05, 4.69) is 51.3 Å². The van der Waals surface area contributed by atoms with E-state index in [-0.39, 0.29) is 0 Å². The van der Waals surface area contributed by atoms with Crippen molar-refractivity contribution < 1.29 is 4.74 Å². The van der Waals surface area contributed by atoms with E-state index < -0.39 is 0 Å².